The number of nitrogens with zero attached hydrogens (tertiary/aromatic N) is 4. The van der Waals surface area contributed by atoms with Gasteiger partial charge in [0.2, 0.25) is 5.91 Å². The topological polar surface area (TPSA) is 132 Å². The van der Waals surface area contributed by atoms with Crippen molar-refractivity contribution < 1.29 is 41.4 Å². The Kier molecular flexibility index (Phi) is 11.1. The van der Waals surface area contributed by atoms with E-state index in [1.54, 1.807) is 30.1 Å². The van der Waals surface area contributed by atoms with Crippen LogP contribution in [0.3, 0.4) is 0 Å². The minimum Gasteiger partial charge on any atom is -0.490 e. The van der Waals surface area contributed by atoms with Crippen molar-refractivity contribution >= 4 is 39.3 Å². The summed E-state index contributed by atoms with van der Waals surface area (Å²) in [6, 6.07) is 11.0. The monoisotopic (exact) mass is 831 g/mol. The first-order valence-corrected chi connectivity index (χ1v) is 21.9. The Morgan fingerprint density at radius 2 is 1.89 bits per heavy atom. The molecule has 0 aromatic heterocycles. The van der Waals surface area contributed by atoms with Gasteiger partial charge in [0.25, 0.3) is 11.8 Å². The summed E-state index contributed by atoms with van der Waals surface area (Å²) in [5.74, 6) is -3.54. The van der Waals surface area contributed by atoms with Crippen molar-refractivity contribution in [2.45, 2.75) is 74.4 Å². The Bertz CT molecular complexity index is 2010. The lowest BCUT2D eigenvalue weighted by molar-refractivity contribution is -0.148. The van der Waals surface area contributed by atoms with Crippen LogP contribution in [0.25, 0.3) is 0 Å². The molecule has 5 atom stereocenters. The molecule has 310 valence electrons. The Labute approximate surface area is 338 Å². The van der Waals surface area contributed by atoms with Crippen LogP contribution >= 0.6 is 11.6 Å². The fourth-order valence-corrected chi connectivity index (χ4v) is 10.9. The van der Waals surface area contributed by atoms with Crippen LogP contribution in [0.1, 0.15) is 61.6 Å². The molecule has 4 heterocycles. The zero-order chi connectivity index (χ0) is 40.2. The molecule has 57 heavy (non-hydrogen) atoms. The second-order valence-electron chi connectivity index (χ2n) is 16.9. The Morgan fingerprint density at radius 3 is 2.61 bits per heavy atom. The molecule has 0 radical (unpaired) electrons. The maximum atomic E-state index is 14.1. The third kappa shape index (κ3) is 8.16. The van der Waals surface area contributed by atoms with Crippen LogP contribution in [0.5, 0.6) is 5.75 Å². The molecule has 2 saturated heterocycles. The molecule has 1 spiro atoms. The van der Waals surface area contributed by atoms with Gasteiger partial charge in [-0.15, -0.1) is 0 Å². The molecule has 2 aromatic rings. The molecular weight excluding hydrogens is 780 g/mol. The predicted molar refractivity (Wildman–Crippen MR) is 211 cm³/mol. The molecule has 0 unspecified atom stereocenters. The van der Waals surface area contributed by atoms with Gasteiger partial charge < -0.3 is 24.4 Å². The third-order valence-electron chi connectivity index (χ3n) is 13.0. The molecule has 2 N–H and O–H groups in total. The van der Waals surface area contributed by atoms with Gasteiger partial charge in [0.1, 0.15) is 5.75 Å². The summed E-state index contributed by atoms with van der Waals surface area (Å²) in [5, 5.41) is 13.1. The van der Waals surface area contributed by atoms with Crippen molar-refractivity contribution in [2.75, 3.05) is 77.5 Å². The number of amides is 2. The average Bonchev–Trinajstić information content (AvgIpc) is 3.25. The number of hydrogen-bond donors (Lipinski definition) is 2. The quantitative estimate of drug-likeness (QED) is 0.394. The first kappa shape index (κ1) is 40.4. The van der Waals surface area contributed by atoms with Crippen LogP contribution in [0.4, 0.5) is 14.5 Å². The number of fused-ring (bicyclic) bond motifs is 4. The molecule has 1 saturated carbocycles. The summed E-state index contributed by atoms with van der Waals surface area (Å²) >= 11 is 6.48. The lowest BCUT2D eigenvalue weighted by atomic mass is 9.68. The van der Waals surface area contributed by atoms with Crippen LogP contribution in [0.2, 0.25) is 5.02 Å². The number of halogens is 3. The molecule has 16 heteroatoms. The summed E-state index contributed by atoms with van der Waals surface area (Å²) in [6.07, 6.45) is 8.68. The molecule has 8 rings (SSSR count). The number of anilines is 1. The minimum atomic E-state index is -4.25. The highest BCUT2D eigenvalue weighted by Gasteiger charge is 2.48. The Morgan fingerprint density at radius 1 is 1.09 bits per heavy atom. The zero-order valence-corrected chi connectivity index (χ0v) is 33.9. The Balaban J connectivity index is 1.16. The number of carbonyl (C=O) groups is 2. The van der Waals surface area contributed by atoms with Crippen molar-refractivity contribution in [3.8, 4) is 5.75 Å². The maximum absolute atomic E-state index is 14.1. The fraction of sp³-hybridized carbons (Fsp3) is 0.610. The number of aryl methyl sites for hydroxylation is 1. The number of benzene rings is 2. The van der Waals surface area contributed by atoms with Crippen LogP contribution in [-0.2, 0) is 42.0 Å². The summed E-state index contributed by atoms with van der Waals surface area (Å²) in [5.41, 5.74) is 0.111. The van der Waals surface area contributed by atoms with Crippen molar-refractivity contribution in [1.82, 2.24) is 18.8 Å². The number of aliphatic hydroxyl groups is 1. The van der Waals surface area contributed by atoms with E-state index >= 15 is 0 Å². The lowest BCUT2D eigenvalue weighted by Gasteiger charge is -2.46. The van der Waals surface area contributed by atoms with Gasteiger partial charge in [-0.3, -0.25) is 14.5 Å². The van der Waals surface area contributed by atoms with Gasteiger partial charge in [0, 0.05) is 56.8 Å². The highest BCUT2D eigenvalue weighted by atomic mass is 35.5. The number of hydrogen-bond acceptors (Lipinski definition) is 9. The molecule has 12 nitrogen and oxygen atoms in total. The van der Waals surface area contributed by atoms with Gasteiger partial charge in [-0.05, 0) is 97.7 Å². The predicted octanol–water partition coefficient (Wildman–Crippen LogP) is 4.24. The van der Waals surface area contributed by atoms with E-state index in [-0.39, 0.29) is 56.2 Å². The van der Waals surface area contributed by atoms with Gasteiger partial charge in [-0.2, -0.15) is 12.7 Å². The number of rotatable bonds is 7. The summed E-state index contributed by atoms with van der Waals surface area (Å²) < 4.78 is 69.8. The maximum Gasteiger partial charge on any atom is 0.303 e. The van der Waals surface area contributed by atoms with E-state index in [9.17, 15) is 31.9 Å². The number of carbonyl (C=O) groups excluding carboxylic acids is 2. The van der Waals surface area contributed by atoms with Gasteiger partial charge in [0.05, 0.1) is 44.5 Å². The highest BCUT2D eigenvalue weighted by molar-refractivity contribution is 7.87. The molecule has 2 bridgehead atoms. The molecule has 4 aliphatic heterocycles. The number of ether oxygens (including phenoxy) is 2. The van der Waals surface area contributed by atoms with E-state index in [0.717, 1.165) is 36.4 Å². The van der Waals surface area contributed by atoms with E-state index in [0.29, 0.717) is 62.1 Å². The van der Waals surface area contributed by atoms with E-state index in [4.69, 9.17) is 21.1 Å². The minimum absolute atomic E-state index is 0.0783. The Hall–Kier alpha value is -3.34. The van der Waals surface area contributed by atoms with Crippen LogP contribution in [0.15, 0.2) is 48.6 Å². The second-order valence-corrected chi connectivity index (χ2v) is 19.1. The summed E-state index contributed by atoms with van der Waals surface area (Å²) in [6.45, 7) is 2.51. The third-order valence-corrected chi connectivity index (χ3v) is 14.8. The van der Waals surface area contributed by atoms with Crippen LogP contribution < -0.4 is 14.4 Å². The molecule has 2 amide bonds. The van der Waals surface area contributed by atoms with Crippen molar-refractivity contribution in [1.29, 1.82) is 0 Å². The fourth-order valence-electron chi connectivity index (χ4n) is 9.40. The van der Waals surface area contributed by atoms with Crippen LogP contribution in [0, 0.1) is 11.8 Å². The van der Waals surface area contributed by atoms with Gasteiger partial charge >= 0.3 is 10.2 Å². The van der Waals surface area contributed by atoms with Gasteiger partial charge in [-0.25, -0.2) is 13.5 Å². The van der Waals surface area contributed by atoms with Gasteiger partial charge in [0.15, 0.2) is 5.60 Å². The van der Waals surface area contributed by atoms with E-state index in [2.05, 4.69) is 15.7 Å². The van der Waals surface area contributed by atoms with Crippen LogP contribution in [-0.4, -0.2) is 124 Å². The molecule has 2 aromatic carbocycles. The highest BCUT2D eigenvalue weighted by Crippen LogP contribution is 2.48. The zero-order valence-electron chi connectivity index (χ0n) is 32.3. The largest absolute Gasteiger partial charge is 0.490 e. The van der Waals surface area contributed by atoms with Crippen molar-refractivity contribution in [2.24, 2.45) is 11.8 Å². The van der Waals surface area contributed by atoms with E-state index < -0.39 is 45.4 Å². The molecule has 2 aliphatic carbocycles. The molecule has 3 fully saturated rings. The molecule has 6 aliphatic rings. The summed E-state index contributed by atoms with van der Waals surface area (Å²) in [4.78, 5) is 33.3. The van der Waals surface area contributed by atoms with Gasteiger partial charge in [-0.1, -0.05) is 35.9 Å². The first-order chi connectivity index (χ1) is 27.1. The van der Waals surface area contributed by atoms with Crippen molar-refractivity contribution in [3.05, 3.63) is 70.3 Å². The number of nitrogens with one attached hydrogen (secondary N) is 1. The normalized spacial score (nSPS) is 31.1. The number of alkyl halides is 2. The lowest BCUT2D eigenvalue weighted by Crippen LogP contribution is -2.57. The second kappa shape index (κ2) is 15.7. The SMILES string of the molecule is CN1CC/C=C/[C@H](OCCN2CC(F)(F)C2)[C@@H]2CC[C@H]2CN2C[C@@]3(CCCc4cc(Cl)ccc43)COc3ccc(cc32)[C@@](O)(C(=O)NS(=O)(=O)N2CCC2)CC1=O. The summed E-state index contributed by atoms with van der Waals surface area (Å²) in [7, 11) is -2.67. The smallest absolute Gasteiger partial charge is 0.303 e. The van der Waals surface area contributed by atoms with E-state index in [1.807, 2.05) is 24.3 Å². The number of likely N-dealkylation sites (tertiary alicyclic amines) is 1. The average molecular weight is 832 g/mol. The van der Waals surface area contributed by atoms with Crippen molar-refractivity contribution in [3.63, 3.8) is 0 Å². The first-order valence-electron chi connectivity index (χ1n) is 20.1. The van der Waals surface area contributed by atoms with E-state index in [1.165, 1.54) is 16.0 Å². The standard InChI is InChI=1S/C41H52ClF2N5O7S/c1-46-15-3-2-7-35(55-19-18-47-25-40(43,44)26-47)32-11-8-29(32)23-48-24-39(14-4-6-28-20-31(42)10-12-33(28)39)27-56-36-13-9-30(21-34(36)48)41(52,22-37(46)50)38(51)45-57(53,54)49-16-5-17-49/h2,7,9-10,12-13,20-21,29,32,35,52H,3-6,8,11,14-19,22-27H2,1H3,(H,45,51)/b7-2+/t29-,32+,35-,39-,41+/m0/s1. The molecular formula is C41H52ClF2N5O7S.